The van der Waals surface area contributed by atoms with Gasteiger partial charge < -0.3 is 9.32 Å². The second-order valence-corrected chi connectivity index (χ2v) is 7.32. The molecular formula is C19H21ClN4O3. The van der Waals surface area contributed by atoms with Crippen LogP contribution in [0, 0.1) is 6.92 Å². The highest BCUT2D eigenvalue weighted by atomic mass is 35.5. The lowest BCUT2D eigenvalue weighted by atomic mass is 10.0. The van der Waals surface area contributed by atoms with E-state index in [0.29, 0.717) is 41.3 Å². The smallest absolute Gasteiger partial charge is 0.408 e. The summed E-state index contributed by atoms with van der Waals surface area (Å²) in [5.41, 5.74) is 2.52. The van der Waals surface area contributed by atoms with Gasteiger partial charge >= 0.3 is 5.76 Å². The Kier molecular flexibility index (Phi) is 4.55. The van der Waals surface area contributed by atoms with Gasteiger partial charge in [0.2, 0.25) is 0 Å². The van der Waals surface area contributed by atoms with E-state index < -0.39 is 5.76 Å². The highest BCUT2D eigenvalue weighted by molar-refractivity contribution is 6.31. The molecule has 1 saturated heterocycles. The molecule has 27 heavy (non-hydrogen) atoms. The highest BCUT2D eigenvalue weighted by Crippen LogP contribution is 2.27. The summed E-state index contributed by atoms with van der Waals surface area (Å²) in [6.45, 7) is 5.66. The van der Waals surface area contributed by atoms with Crippen LogP contribution in [0.15, 0.2) is 33.6 Å². The van der Waals surface area contributed by atoms with E-state index in [4.69, 9.17) is 16.0 Å². The van der Waals surface area contributed by atoms with Crippen molar-refractivity contribution in [1.82, 2.24) is 19.2 Å². The van der Waals surface area contributed by atoms with Gasteiger partial charge in [-0.2, -0.15) is 5.10 Å². The molecule has 1 atom stereocenters. The summed E-state index contributed by atoms with van der Waals surface area (Å²) in [5, 5.41) is 4.91. The molecular weight excluding hydrogens is 368 g/mol. The number of oxazole rings is 1. The van der Waals surface area contributed by atoms with Crippen molar-refractivity contribution in [3.05, 3.63) is 51.2 Å². The number of fused-ring (bicyclic) bond motifs is 1. The Hall–Kier alpha value is -2.54. The van der Waals surface area contributed by atoms with E-state index in [1.807, 2.05) is 13.8 Å². The molecule has 3 heterocycles. The van der Waals surface area contributed by atoms with Gasteiger partial charge in [-0.3, -0.25) is 14.0 Å². The molecule has 0 radical (unpaired) electrons. The maximum absolute atomic E-state index is 13.0. The van der Waals surface area contributed by atoms with E-state index in [2.05, 4.69) is 5.10 Å². The fraction of sp³-hybridized carbons (Fsp3) is 0.421. The Morgan fingerprint density at radius 1 is 1.41 bits per heavy atom. The Bertz CT molecular complexity index is 1060. The third kappa shape index (κ3) is 3.16. The molecule has 1 amide bonds. The molecule has 2 aromatic heterocycles. The zero-order valence-corrected chi connectivity index (χ0v) is 16.1. The number of hydrogen-bond acceptors (Lipinski definition) is 4. The van der Waals surface area contributed by atoms with Crippen molar-refractivity contribution in [3.8, 4) is 0 Å². The molecule has 0 aliphatic carbocycles. The van der Waals surface area contributed by atoms with Gasteiger partial charge in [-0.1, -0.05) is 11.6 Å². The zero-order valence-electron chi connectivity index (χ0n) is 15.3. The minimum Gasteiger partial charge on any atom is -0.408 e. The van der Waals surface area contributed by atoms with Crippen molar-refractivity contribution in [2.45, 2.75) is 39.3 Å². The molecule has 1 fully saturated rings. The van der Waals surface area contributed by atoms with Crippen molar-refractivity contribution in [2.24, 2.45) is 0 Å². The average Bonchev–Trinajstić information content (AvgIpc) is 3.19. The molecule has 0 unspecified atom stereocenters. The summed E-state index contributed by atoms with van der Waals surface area (Å²) in [7, 11) is 0. The first-order valence-corrected chi connectivity index (χ1v) is 9.49. The molecule has 4 rings (SSSR count). The first-order valence-electron chi connectivity index (χ1n) is 9.12. The predicted octanol–water partition coefficient (Wildman–Crippen LogP) is 3.25. The SMILES string of the molecule is CCn1cc(C(=O)N2CCC[C@@H](n3c(=O)oc4ccc(Cl)cc43)C2)c(C)n1. The molecule has 8 heteroatoms. The van der Waals surface area contributed by atoms with Crippen LogP contribution in [0.5, 0.6) is 0 Å². The minimum atomic E-state index is -0.415. The number of amides is 1. The third-order valence-corrected chi connectivity index (χ3v) is 5.36. The number of benzene rings is 1. The Morgan fingerprint density at radius 3 is 2.96 bits per heavy atom. The number of aromatic nitrogens is 3. The van der Waals surface area contributed by atoms with Gasteiger partial charge in [0.15, 0.2) is 5.58 Å². The number of carbonyl (C=O) groups is 1. The molecule has 0 saturated carbocycles. The van der Waals surface area contributed by atoms with Crippen LogP contribution in [0.3, 0.4) is 0 Å². The van der Waals surface area contributed by atoms with E-state index >= 15 is 0 Å². The molecule has 1 aliphatic heterocycles. The summed E-state index contributed by atoms with van der Waals surface area (Å²) >= 11 is 6.10. The number of carbonyl (C=O) groups excluding carboxylic acids is 1. The van der Waals surface area contributed by atoms with E-state index in [-0.39, 0.29) is 11.9 Å². The van der Waals surface area contributed by atoms with Crippen LogP contribution >= 0.6 is 11.6 Å². The number of rotatable bonds is 3. The summed E-state index contributed by atoms with van der Waals surface area (Å²) < 4.78 is 8.75. The van der Waals surface area contributed by atoms with Crippen LogP contribution < -0.4 is 5.76 Å². The molecule has 142 valence electrons. The number of aryl methyl sites for hydroxylation is 2. The Morgan fingerprint density at radius 2 is 2.22 bits per heavy atom. The van der Waals surface area contributed by atoms with Gasteiger partial charge in [0.1, 0.15) is 0 Å². The summed E-state index contributed by atoms with van der Waals surface area (Å²) in [6.07, 6.45) is 3.41. The van der Waals surface area contributed by atoms with Gasteiger partial charge in [0.25, 0.3) is 5.91 Å². The summed E-state index contributed by atoms with van der Waals surface area (Å²) in [6, 6.07) is 4.99. The van der Waals surface area contributed by atoms with Gasteiger partial charge in [-0.05, 0) is 44.9 Å². The minimum absolute atomic E-state index is 0.0456. The Labute approximate surface area is 161 Å². The summed E-state index contributed by atoms with van der Waals surface area (Å²) in [4.78, 5) is 27.2. The predicted molar refractivity (Wildman–Crippen MR) is 102 cm³/mol. The first-order chi connectivity index (χ1) is 13.0. The average molecular weight is 389 g/mol. The zero-order chi connectivity index (χ0) is 19.1. The molecule has 1 aromatic carbocycles. The normalized spacial score (nSPS) is 17.6. The molecule has 0 bridgehead atoms. The lowest BCUT2D eigenvalue weighted by molar-refractivity contribution is 0.0677. The van der Waals surface area contributed by atoms with Crippen LogP contribution in [0.25, 0.3) is 11.1 Å². The van der Waals surface area contributed by atoms with Gasteiger partial charge in [0.05, 0.1) is 22.8 Å². The van der Waals surface area contributed by atoms with Crippen molar-refractivity contribution >= 4 is 28.6 Å². The highest BCUT2D eigenvalue weighted by Gasteiger charge is 2.29. The second kappa shape index (κ2) is 6.88. The number of hydrogen-bond donors (Lipinski definition) is 0. The fourth-order valence-corrected chi connectivity index (χ4v) is 3.93. The molecule has 1 aliphatic rings. The topological polar surface area (TPSA) is 73.3 Å². The molecule has 0 N–H and O–H groups in total. The lowest BCUT2D eigenvalue weighted by Gasteiger charge is -2.33. The number of nitrogens with zero attached hydrogens (tertiary/aromatic N) is 4. The molecule has 3 aromatic rings. The van der Waals surface area contributed by atoms with E-state index in [9.17, 15) is 9.59 Å². The van der Waals surface area contributed by atoms with Gasteiger partial charge in [-0.15, -0.1) is 0 Å². The quantitative estimate of drug-likeness (QED) is 0.690. The largest absolute Gasteiger partial charge is 0.420 e. The van der Waals surface area contributed by atoms with Crippen molar-refractivity contribution in [1.29, 1.82) is 0 Å². The Balaban J connectivity index is 1.64. The molecule has 0 spiro atoms. The van der Waals surface area contributed by atoms with Gasteiger partial charge in [-0.25, -0.2) is 4.79 Å². The maximum Gasteiger partial charge on any atom is 0.420 e. The van der Waals surface area contributed by atoms with Crippen LogP contribution in [0.2, 0.25) is 5.02 Å². The maximum atomic E-state index is 13.0. The number of likely N-dealkylation sites (tertiary alicyclic amines) is 1. The van der Waals surface area contributed by atoms with E-state index in [1.54, 1.807) is 38.5 Å². The van der Waals surface area contributed by atoms with E-state index in [1.165, 1.54) is 0 Å². The number of halogens is 1. The van der Waals surface area contributed by atoms with Crippen LogP contribution in [-0.2, 0) is 6.54 Å². The molecule has 7 nitrogen and oxygen atoms in total. The summed E-state index contributed by atoms with van der Waals surface area (Å²) in [5.74, 6) is -0.461. The standard InChI is InChI=1S/C19H21ClN4O3/c1-3-23-11-15(12(2)21-23)18(25)22-8-4-5-14(10-22)24-16-9-13(20)6-7-17(16)27-19(24)26/h6-7,9,11,14H,3-5,8,10H2,1-2H3/t14-/m1/s1. The van der Waals surface area contributed by atoms with Crippen LogP contribution in [-0.4, -0.2) is 38.2 Å². The van der Waals surface area contributed by atoms with Crippen LogP contribution in [0.1, 0.15) is 41.9 Å². The van der Waals surface area contributed by atoms with Crippen LogP contribution in [0.4, 0.5) is 0 Å². The number of piperidine rings is 1. The fourth-order valence-electron chi connectivity index (χ4n) is 3.76. The monoisotopic (exact) mass is 388 g/mol. The van der Waals surface area contributed by atoms with Crippen molar-refractivity contribution in [2.75, 3.05) is 13.1 Å². The van der Waals surface area contributed by atoms with Crippen molar-refractivity contribution < 1.29 is 9.21 Å². The van der Waals surface area contributed by atoms with Gasteiger partial charge in [0, 0.05) is 30.9 Å². The first kappa shape index (κ1) is 17.9. The van der Waals surface area contributed by atoms with Crippen molar-refractivity contribution in [3.63, 3.8) is 0 Å². The third-order valence-electron chi connectivity index (χ3n) is 5.12. The van der Waals surface area contributed by atoms with E-state index in [0.717, 1.165) is 18.5 Å². The lowest BCUT2D eigenvalue weighted by Crippen LogP contribution is -2.42. The second-order valence-electron chi connectivity index (χ2n) is 6.88.